The Balaban J connectivity index is 2.20. The molecule has 1 unspecified atom stereocenters. The summed E-state index contributed by atoms with van der Waals surface area (Å²) in [6.45, 7) is 3.22. The van der Waals surface area contributed by atoms with Crippen molar-refractivity contribution >= 4 is 35.0 Å². The van der Waals surface area contributed by atoms with Crippen LogP contribution in [0.2, 0.25) is 10.0 Å². The Morgan fingerprint density at radius 3 is 2.53 bits per heavy atom. The summed E-state index contributed by atoms with van der Waals surface area (Å²) in [4.78, 5) is 0. The molecule has 0 aromatic heterocycles. The molecule has 0 saturated heterocycles. The van der Waals surface area contributed by atoms with Gasteiger partial charge in [0, 0.05) is 6.04 Å². The zero-order chi connectivity index (χ0) is 14.1. The lowest BCUT2D eigenvalue weighted by Crippen LogP contribution is -2.19. The molecular weight excluding hydrogens is 297 g/mol. The molecule has 0 saturated carbocycles. The van der Waals surface area contributed by atoms with Crippen molar-refractivity contribution in [1.29, 1.82) is 0 Å². The summed E-state index contributed by atoms with van der Waals surface area (Å²) in [6, 6.07) is 6.16. The molecule has 1 aromatic carbocycles. The van der Waals surface area contributed by atoms with E-state index in [2.05, 4.69) is 18.5 Å². The Morgan fingerprint density at radius 1 is 1.11 bits per heavy atom. The normalized spacial score (nSPS) is 12.6. The number of thioether (sulfide) groups is 1. The first-order valence-corrected chi connectivity index (χ1v) is 8.97. The summed E-state index contributed by atoms with van der Waals surface area (Å²) in [5, 5.41) is 4.78. The highest BCUT2D eigenvalue weighted by Gasteiger charge is 2.06. The van der Waals surface area contributed by atoms with Crippen molar-refractivity contribution in [1.82, 2.24) is 5.32 Å². The number of hydrogen-bond donors (Lipinski definition) is 1. The summed E-state index contributed by atoms with van der Waals surface area (Å²) in [6.07, 6.45) is 7.38. The first-order chi connectivity index (χ1) is 9.15. The zero-order valence-corrected chi connectivity index (χ0v) is 14.0. The van der Waals surface area contributed by atoms with E-state index in [-0.39, 0.29) is 0 Å². The topological polar surface area (TPSA) is 12.0 Å². The molecule has 0 aliphatic rings. The van der Waals surface area contributed by atoms with Gasteiger partial charge in [0.15, 0.2) is 0 Å². The second kappa shape index (κ2) is 9.93. The van der Waals surface area contributed by atoms with E-state index in [0.717, 1.165) is 6.54 Å². The minimum absolute atomic E-state index is 0.320. The molecule has 108 valence electrons. The number of unbranched alkanes of at least 4 members (excludes halogenated alkanes) is 3. The van der Waals surface area contributed by atoms with E-state index >= 15 is 0 Å². The number of halogens is 2. The fraction of sp³-hybridized carbons (Fsp3) is 0.600. The summed E-state index contributed by atoms with van der Waals surface area (Å²) >= 11 is 13.9. The van der Waals surface area contributed by atoms with E-state index in [0.29, 0.717) is 16.1 Å². The quantitative estimate of drug-likeness (QED) is 0.597. The predicted octanol–water partition coefficient (Wildman–Crippen LogP) is 5.57. The molecule has 0 bridgehead atoms. The van der Waals surface area contributed by atoms with Crippen LogP contribution < -0.4 is 5.32 Å². The molecule has 1 rings (SSSR count). The van der Waals surface area contributed by atoms with Crippen molar-refractivity contribution in [2.24, 2.45) is 0 Å². The summed E-state index contributed by atoms with van der Waals surface area (Å²) in [7, 11) is 0. The van der Waals surface area contributed by atoms with Gasteiger partial charge in [-0.15, -0.1) is 0 Å². The number of hydrogen-bond acceptors (Lipinski definition) is 2. The van der Waals surface area contributed by atoms with Crippen molar-refractivity contribution in [3.05, 3.63) is 33.8 Å². The molecule has 1 N–H and O–H groups in total. The number of rotatable bonds is 9. The molecule has 1 aromatic rings. The Bertz CT molecular complexity index is 371. The average molecular weight is 320 g/mol. The maximum Gasteiger partial charge on any atom is 0.0595 e. The van der Waals surface area contributed by atoms with Crippen LogP contribution in [0.1, 0.15) is 44.2 Å². The minimum Gasteiger partial charge on any atom is -0.310 e. The lowest BCUT2D eigenvalue weighted by molar-refractivity contribution is 0.537. The molecule has 1 atom stereocenters. The van der Waals surface area contributed by atoms with E-state index in [9.17, 15) is 0 Å². The summed E-state index contributed by atoms with van der Waals surface area (Å²) in [5.41, 5.74) is 1.19. The highest BCUT2D eigenvalue weighted by Crippen LogP contribution is 2.25. The molecule has 0 aliphatic carbocycles. The Hall–Kier alpha value is 0.110. The monoisotopic (exact) mass is 319 g/mol. The van der Waals surface area contributed by atoms with E-state index in [1.807, 2.05) is 30.0 Å². The summed E-state index contributed by atoms with van der Waals surface area (Å²) in [5.74, 6) is 1.28. The molecule has 0 aliphatic heterocycles. The molecule has 1 nitrogen and oxygen atoms in total. The first kappa shape index (κ1) is 17.2. The van der Waals surface area contributed by atoms with Gasteiger partial charge in [-0.25, -0.2) is 0 Å². The van der Waals surface area contributed by atoms with Gasteiger partial charge < -0.3 is 5.32 Å². The average Bonchev–Trinajstić information content (AvgIpc) is 2.40. The van der Waals surface area contributed by atoms with E-state index in [1.54, 1.807) is 0 Å². The van der Waals surface area contributed by atoms with Crippen LogP contribution in [0.25, 0.3) is 0 Å². The molecular formula is C15H23Cl2NS. The molecule has 0 spiro atoms. The Labute approximate surface area is 131 Å². The highest BCUT2D eigenvalue weighted by molar-refractivity contribution is 7.98. The Morgan fingerprint density at radius 2 is 1.84 bits per heavy atom. The van der Waals surface area contributed by atoms with Gasteiger partial charge in [-0.3, -0.25) is 0 Å². The van der Waals surface area contributed by atoms with Crippen LogP contribution >= 0.6 is 35.0 Å². The van der Waals surface area contributed by atoms with Gasteiger partial charge in [0.25, 0.3) is 0 Å². The molecule has 0 fully saturated rings. The third kappa shape index (κ3) is 6.89. The predicted molar refractivity (Wildman–Crippen MR) is 89.7 cm³/mol. The molecule has 0 amide bonds. The van der Waals surface area contributed by atoms with Crippen molar-refractivity contribution < 1.29 is 0 Å². The lowest BCUT2D eigenvalue weighted by atomic mass is 10.1. The standard InChI is InChI=1S/C15H23Cl2NS/c1-12(13-7-8-14(16)15(17)11-13)18-9-5-3-4-6-10-19-2/h7-8,11-12,18H,3-6,9-10H2,1-2H3. The van der Waals surface area contributed by atoms with Crippen LogP contribution in [-0.4, -0.2) is 18.6 Å². The van der Waals surface area contributed by atoms with Crippen molar-refractivity contribution in [3.8, 4) is 0 Å². The van der Waals surface area contributed by atoms with Gasteiger partial charge >= 0.3 is 0 Å². The molecule has 0 radical (unpaired) electrons. The molecule has 4 heteroatoms. The second-order valence-corrected chi connectivity index (χ2v) is 6.56. The number of benzene rings is 1. The van der Waals surface area contributed by atoms with Gasteiger partial charge in [-0.1, -0.05) is 42.1 Å². The van der Waals surface area contributed by atoms with Crippen molar-refractivity contribution in [2.45, 2.75) is 38.6 Å². The largest absolute Gasteiger partial charge is 0.310 e. The van der Waals surface area contributed by atoms with Gasteiger partial charge in [0.05, 0.1) is 10.0 Å². The maximum atomic E-state index is 6.03. The van der Waals surface area contributed by atoms with Gasteiger partial charge in [0.1, 0.15) is 0 Å². The molecule has 19 heavy (non-hydrogen) atoms. The van der Waals surface area contributed by atoms with Crippen molar-refractivity contribution in [2.75, 3.05) is 18.6 Å². The SMILES string of the molecule is CSCCCCCCNC(C)c1ccc(Cl)c(Cl)c1. The second-order valence-electron chi connectivity index (χ2n) is 4.76. The van der Waals surface area contributed by atoms with Gasteiger partial charge in [-0.05, 0) is 56.0 Å². The van der Waals surface area contributed by atoms with E-state index < -0.39 is 0 Å². The highest BCUT2D eigenvalue weighted by atomic mass is 35.5. The Kier molecular flexibility index (Phi) is 8.97. The molecule has 0 heterocycles. The van der Waals surface area contributed by atoms with Crippen LogP contribution in [-0.2, 0) is 0 Å². The fourth-order valence-corrected chi connectivity index (χ4v) is 2.74. The van der Waals surface area contributed by atoms with Crippen LogP contribution in [0.4, 0.5) is 0 Å². The fourth-order valence-electron chi connectivity index (χ4n) is 1.94. The van der Waals surface area contributed by atoms with E-state index in [1.165, 1.54) is 37.0 Å². The van der Waals surface area contributed by atoms with E-state index in [4.69, 9.17) is 23.2 Å². The first-order valence-electron chi connectivity index (χ1n) is 6.82. The third-order valence-corrected chi connectivity index (χ3v) is 4.61. The van der Waals surface area contributed by atoms with Crippen molar-refractivity contribution in [3.63, 3.8) is 0 Å². The van der Waals surface area contributed by atoms with Crippen LogP contribution in [0.5, 0.6) is 0 Å². The summed E-state index contributed by atoms with van der Waals surface area (Å²) < 4.78 is 0. The van der Waals surface area contributed by atoms with Gasteiger partial charge in [-0.2, -0.15) is 11.8 Å². The number of nitrogens with one attached hydrogen (secondary N) is 1. The van der Waals surface area contributed by atoms with Crippen LogP contribution in [0.15, 0.2) is 18.2 Å². The van der Waals surface area contributed by atoms with Crippen LogP contribution in [0.3, 0.4) is 0 Å². The zero-order valence-electron chi connectivity index (χ0n) is 11.7. The third-order valence-electron chi connectivity index (χ3n) is 3.17. The lowest BCUT2D eigenvalue weighted by Gasteiger charge is -2.14. The minimum atomic E-state index is 0.320. The smallest absolute Gasteiger partial charge is 0.0595 e. The van der Waals surface area contributed by atoms with Gasteiger partial charge in [0.2, 0.25) is 0 Å². The van der Waals surface area contributed by atoms with Crippen LogP contribution in [0, 0.1) is 0 Å². The maximum absolute atomic E-state index is 6.03.